The van der Waals surface area contributed by atoms with Gasteiger partial charge >= 0.3 is 11.9 Å². The molecule has 0 N–H and O–H groups in total. The van der Waals surface area contributed by atoms with Crippen molar-refractivity contribution < 1.29 is 23.8 Å². The van der Waals surface area contributed by atoms with Gasteiger partial charge in [-0.2, -0.15) is 0 Å². The summed E-state index contributed by atoms with van der Waals surface area (Å²) < 4.78 is 17.0. The Morgan fingerprint density at radius 3 is 1.72 bits per heavy atom. The molecule has 0 aromatic heterocycles. The van der Waals surface area contributed by atoms with Crippen molar-refractivity contribution in [3.8, 4) is 11.5 Å². The van der Waals surface area contributed by atoms with Gasteiger partial charge in [0.15, 0.2) is 0 Å². The van der Waals surface area contributed by atoms with E-state index < -0.39 is 5.41 Å². The number of esters is 2. The molecule has 5 rings (SSSR count). The van der Waals surface area contributed by atoms with E-state index in [2.05, 4.69) is 36.4 Å². The van der Waals surface area contributed by atoms with Crippen LogP contribution in [0.2, 0.25) is 0 Å². The lowest BCUT2D eigenvalue weighted by molar-refractivity contribution is -0.143. The molecule has 0 spiro atoms. The van der Waals surface area contributed by atoms with E-state index in [0.29, 0.717) is 11.5 Å². The summed E-state index contributed by atoms with van der Waals surface area (Å²) in [5, 5.41) is 0. The van der Waals surface area contributed by atoms with E-state index in [-0.39, 0.29) is 25.2 Å². The fraction of sp³-hybridized carbons (Fsp3) is 0.161. The summed E-state index contributed by atoms with van der Waals surface area (Å²) in [6.07, 6.45) is 0. The highest BCUT2D eigenvalue weighted by Gasteiger charge is 2.45. The van der Waals surface area contributed by atoms with Crippen LogP contribution in [0.5, 0.6) is 11.5 Å². The highest BCUT2D eigenvalue weighted by Crippen LogP contribution is 2.55. The lowest BCUT2D eigenvalue weighted by Gasteiger charge is -2.42. The molecule has 1 aliphatic rings. The van der Waals surface area contributed by atoms with Crippen LogP contribution in [-0.2, 0) is 37.7 Å². The van der Waals surface area contributed by atoms with Gasteiger partial charge < -0.3 is 14.2 Å². The lowest BCUT2D eigenvalue weighted by atomic mass is 9.63. The molecule has 0 unspecified atom stereocenters. The van der Waals surface area contributed by atoms with Crippen molar-refractivity contribution in [2.45, 2.75) is 32.5 Å². The molecule has 0 amide bonds. The molecule has 5 heteroatoms. The van der Waals surface area contributed by atoms with Gasteiger partial charge in [-0.15, -0.1) is 0 Å². The van der Waals surface area contributed by atoms with Gasteiger partial charge in [-0.3, -0.25) is 9.59 Å². The summed E-state index contributed by atoms with van der Waals surface area (Å²) in [6, 6.07) is 32.5. The van der Waals surface area contributed by atoms with Gasteiger partial charge in [0.05, 0.1) is 5.41 Å². The van der Waals surface area contributed by atoms with Crippen molar-refractivity contribution in [3.05, 3.63) is 130 Å². The zero-order chi connectivity index (χ0) is 25.1. The molecule has 0 fully saturated rings. The summed E-state index contributed by atoms with van der Waals surface area (Å²) in [7, 11) is 0. The monoisotopic (exact) mass is 478 g/mol. The Kier molecular flexibility index (Phi) is 6.30. The van der Waals surface area contributed by atoms with Gasteiger partial charge in [0.2, 0.25) is 0 Å². The topological polar surface area (TPSA) is 61.8 Å². The minimum Gasteiger partial charge on any atom is -0.461 e. The molecule has 4 aromatic rings. The Labute approximate surface area is 210 Å². The normalized spacial score (nSPS) is 13.1. The summed E-state index contributed by atoms with van der Waals surface area (Å²) in [6.45, 7) is 3.15. The Hall–Kier alpha value is -4.38. The number of benzene rings is 4. The largest absolute Gasteiger partial charge is 0.461 e. The summed E-state index contributed by atoms with van der Waals surface area (Å²) in [5.41, 5.74) is 5.14. The highest BCUT2D eigenvalue weighted by atomic mass is 16.5. The van der Waals surface area contributed by atoms with E-state index in [0.717, 1.165) is 33.4 Å². The van der Waals surface area contributed by atoms with Crippen molar-refractivity contribution >= 4 is 11.9 Å². The van der Waals surface area contributed by atoms with E-state index >= 15 is 0 Å². The first-order valence-electron chi connectivity index (χ1n) is 11.8. The quantitative estimate of drug-likeness (QED) is 0.268. The second-order valence-corrected chi connectivity index (χ2v) is 8.81. The molecule has 0 aliphatic carbocycles. The van der Waals surface area contributed by atoms with Crippen LogP contribution in [0.4, 0.5) is 0 Å². The Balaban J connectivity index is 1.78. The van der Waals surface area contributed by atoms with Crippen LogP contribution in [0.25, 0.3) is 0 Å². The standard InChI is InChI=1S/C31H26O5/c1-21(32)34-19-23-14-16-29-28(17-23)31(25-9-5-3-6-10-25,26-11-7-4-8-12-26)27-15-13-24(18-30(27)36-29)20-35-22(2)33/h3-18H,19-20H2,1-2H3. The van der Waals surface area contributed by atoms with E-state index in [1.54, 1.807) is 0 Å². The number of fused-ring (bicyclic) bond motifs is 2. The average molecular weight is 479 g/mol. The van der Waals surface area contributed by atoms with Gasteiger partial charge in [-0.1, -0.05) is 78.9 Å². The van der Waals surface area contributed by atoms with E-state index in [1.807, 2.05) is 60.7 Å². The zero-order valence-electron chi connectivity index (χ0n) is 20.2. The number of ether oxygens (including phenoxy) is 3. The highest BCUT2D eigenvalue weighted by molar-refractivity contribution is 5.70. The molecular formula is C31H26O5. The third kappa shape index (κ3) is 4.24. The van der Waals surface area contributed by atoms with Gasteiger partial charge in [0, 0.05) is 25.0 Å². The predicted octanol–water partition coefficient (Wildman–Crippen LogP) is 6.30. The third-order valence-corrected chi connectivity index (χ3v) is 6.42. The second kappa shape index (κ2) is 9.70. The van der Waals surface area contributed by atoms with Crippen LogP contribution < -0.4 is 4.74 Å². The molecule has 180 valence electrons. The van der Waals surface area contributed by atoms with Crippen LogP contribution in [-0.4, -0.2) is 11.9 Å². The fourth-order valence-electron chi connectivity index (χ4n) is 4.90. The number of rotatable bonds is 6. The lowest BCUT2D eigenvalue weighted by Crippen LogP contribution is -2.34. The van der Waals surface area contributed by atoms with E-state index in [4.69, 9.17) is 14.2 Å². The third-order valence-electron chi connectivity index (χ3n) is 6.42. The van der Waals surface area contributed by atoms with Gasteiger partial charge in [-0.25, -0.2) is 0 Å². The SMILES string of the molecule is CC(=O)OCc1ccc2c(c1)Oc1ccc(COC(C)=O)cc1C2(c1ccccc1)c1ccccc1. The molecule has 1 aliphatic heterocycles. The van der Waals surface area contributed by atoms with Gasteiger partial charge in [0.1, 0.15) is 24.7 Å². The first kappa shape index (κ1) is 23.4. The Morgan fingerprint density at radius 1 is 0.639 bits per heavy atom. The van der Waals surface area contributed by atoms with Crippen molar-refractivity contribution in [2.24, 2.45) is 0 Å². The number of carbonyl (C=O) groups is 2. The number of carbonyl (C=O) groups excluding carboxylic acids is 2. The maximum Gasteiger partial charge on any atom is 0.302 e. The molecule has 36 heavy (non-hydrogen) atoms. The minimum absolute atomic E-state index is 0.170. The Bertz CT molecular complexity index is 1370. The summed E-state index contributed by atoms with van der Waals surface area (Å²) in [5.74, 6) is 0.758. The van der Waals surface area contributed by atoms with Crippen LogP contribution >= 0.6 is 0 Å². The number of hydrogen-bond acceptors (Lipinski definition) is 5. The van der Waals surface area contributed by atoms with Crippen LogP contribution in [0.3, 0.4) is 0 Å². The van der Waals surface area contributed by atoms with E-state index in [1.165, 1.54) is 13.8 Å². The van der Waals surface area contributed by atoms with Gasteiger partial charge in [-0.05, 0) is 40.5 Å². The maximum absolute atomic E-state index is 11.5. The van der Waals surface area contributed by atoms with Gasteiger partial charge in [0.25, 0.3) is 0 Å². The predicted molar refractivity (Wildman–Crippen MR) is 136 cm³/mol. The molecule has 5 nitrogen and oxygen atoms in total. The molecule has 1 heterocycles. The fourth-order valence-corrected chi connectivity index (χ4v) is 4.90. The molecule has 0 radical (unpaired) electrons. The minimum atomic E-state index is -0.683. The van der Waals surface area contributed by atoms with Crippen LogP contribution in [0.15, 0.2) is 97.1 Å². The Morgan fingerprint density at radius 2 is 1.17 bits per heavy atom. The van der Waals surface area contributed by atoms with Crippen molar-refractivity contribution in [3.63, 3.8) is 0 Å². The molecule has 4 aromatic carbocycles. The average Bonchev–Trinajstić information content (AvgIpc) is 2.90. The molecule has 0 saturated carbocycles. The second-order valence-electron chi connectivity index (χ2n) is 8.81. The first-order valence-corrected chi connectivity index (χ1v) is 11.8. The summed E-state index contributed by atoms with van der Waals surface area (Å²) in [4.78, 5) is 22.9. The molecular weight excluding hydrogens is 452 g/mol. The number of hydrogen-bond donors (Lipinski definition) is 0. The van der Waals surface area contributed by atoms with Crippen LogP contribution in [0.1, 0.15) is 47.2 Å². The summed E-state index contributed by atoms with van der Waals surface area (Å²) >= 11 is 0. The smallest absolute Gasteiger partial charge is 0.302 e. The molecule has 0 bridgehead atoms. The maximum atomic E-state index is 11.5. The van der Waals surface area contributed by atoms with Crippen LogP contribution in [0, 0.1) is 0 Å². The van der Waals surface area contributed by atoms with Crippen molar-refractivity contribution in [1.82, 2.24) is 0 Å². The first-order chi connectivity index (χ1) is 17.5. The molecule has 0 saturated heterocycles. The van der Waals surface area contributed by atoms with E-state index in [9.17, 15) is 9.59 Å². The zero-order valence-corrected chi connectivity index (χ0v) is 20.2. The van der Waals surface area contributed by atoms with Crippen molar-refractivity contribution in [2.75, 3.05) is 0 Å². The molecule has 0 atom stereocenters. The van der Waals surface area contributed by atoms with Crippen molar-refractivity contribution in [1.29, 1.82) is 0 Å².